The molecule has 3 aliphatic rings. The van der Waals surface area contributed by atoms with Crippen molar-refractivity contribution in [3.05, 3.63) is 64.7 Å². The number of allylic oxidation sites excluding steroid dienone is 1. The molecule has 5 rings (SSSR count). The van der Waals surface area contributed by atoms with Crippen molar-refractivity contribution in [2.24, 2.45) is 5.41 Å². The molecule has 9 heteroatoms. The summed E-state index contributed by atoms with van der Waals surface area (Å²) in [7, 11) is 2.87. The average molecular weight is 583 g/mol. The fourth-order valence-electron chi connectivity index (χ4n) is 5.52. The first-order valence-electron chi connectivity index (χ1n) is 13.9. The summed E-state index contributed by atoms with van der Waals surface area (Å²) in [5.41, 5.74) is 2.20. The first-order chi connectivity index (χ1) is 19.5. The summed E-state index contributed by atoms with van der Waals surface area (Å²) in [6.45, 7) is 5.91. The Labute approximate surface area is 247 Å². The summed E-state index contributed by atoms with van der Waals surface area (Å²) < 4.78 is 16.6. The van der Waals surface area contributed by atoms with E-state index < -0.39 is 41.1 Å². The van der Waals surface area contributed by atoms with E-state index in [1.807, 2.05) is 63.2 Å². The number of rotatable bonds is 2. The molecule has 3 aliphatic heterocycles. The minimum Gasteiger partial charge on any atom is -0.467 e. The van der Waals surface area contributed by atoms with Gasteiger partial charge in [-0.25, -0.2) is 9.59 Å². The van der Waals surface area contributed by atoms with Gasteiger partial charge in [-0.1, -0.05) is 74.9 Å². The van der Waals surface area contributed by atoms with Crippen LogP contribution in [0.3, 0.4) is 0 Å². The third-order valence-corrected chi connectivity index (χ3v) is 8.12. The van der Waals surface area contributed by atoms with Gasteiger partial charge < -0.3 is 24.4 Å². The van der Waals surface area contributed by atoms with Crippen molar-refractivity contribution in [2.75, 3.05) is 27.4 Å². The van der Waals surface area contributed by atoms with Gasteiger partial charge in [0.1, 0.15) is 17.7 Å². The molecular formula is C32H39ClN2O6. The maximum Gasteiger partial charge on any atom is 0.407 e. The molecular weight excluding hydrogens is 544 g/mol. The summed E-state index contributed by atoms with van der Waals surface area (Å²) in [6.07, 6.45) is 6.04. The highest BCUT2D eigenvalue weighted by atomic mass is 35.5. The van der Waals surface area contributed by atoms with Crippen LogP contribution >= 0.6 is 11.6 Å². The second-order valence-corrected chi connectivity index (χ2v) is 12.1. The number of carbonyl (C=O) groups excluding carboxylic acids is 3. The number of benzene rings is 2. The number of methoxy groups -OCH3 is 2. The first kappa shape index (κ1) is 30.6. The van der Waals surface area contributed by atoms with Crippen molar-refractivity contribution in [3.63, 3.8) is 0 Å². The molecule has 3 heterocycles. The van der Waals surface area contributed by atoms with E-state index in [1.165, 1.54) is 12.0 Å². The lowest BCUT2D eigenvalue weighted by atomic mass is 9.85. The Hall–Kier alpha value is -3.36. The third kappa shape index (κ3) is 6.76. The molecule has 0 unspecified atom stereocenters. The Morgan fingerprint density at radius 2 is 1.83 bits per heavy atom. The highest BCUT2D eigenvalue weighted by Gasteiger charge is 2.53. The van der Waals surface area contributed by atoms with E-state index in [0.717, 1.165) is 35.1 Å². The monoisotopic (exact) mass is 582 g/mol. The zero-order valence-corrected chi connectivity index (χ0v) is 25.1. The summed E-state index contributed by atoms with van der Waals surface area (Å²) in [4.78, 5) is 41.3. The second-order valence-electron chi connectivity index (χ2n) is 11.7. The molecule has 3 atom stereocenters. The zero-order valence-electron chi connectivity index (χ0n) is 24.4. The van der Waals surface area contributed by atoms with Crippen molar-refractivity contribution in [1.82, 2.24) is 10.2 Å². The van der Waals surface area contributed by atoms with Gasteiger partial charge in [0, 0.05) is 18.6 Å². The maximum absolute atomic E-state index is 14.1. The van der Waals surface area contributed by atoms with Gasteiger partial charge in [0.25, 0.3) is 0 Å². The average Bonchev–Trinajstić information content (AvgIpc) is 3.36. The van der Waals surface area contributed by atoms with Crippen LogP contribution in [0.15, 0.2) is 48.5 Å². The van der Waals surface area contributed by atoms with Crippen LogP contribution in [0.2, 0.25) is 5.02 Å². The Morgan fingerprint density at radius 3 is 2.49 bits per heavy atom. The number of hydrogen-bond donors (Lipinski definition) is 1. The van der Waals surface area contributed by atoms with E-state index in [0.29, 0.717) is 11.4 Å². The van der Waals surface area contributed by atoms with Crippen LogP contribution in [0.25, 0.3) is 17.2 Å². The van der Waals surface area contributed by atoms with Crippen LogP contribution < -0.4 is 5.32 Å². The van der Waals surface area contributed by atoms with Crippen molar-refractivity contribution in [1.29, 1.82) is 0 Å². The summed E-state index contributed by atoms with van der Waals surface area (Å²) in [5, 5.41) is 3.40. The molecule has 8 nitrogen and oxygen atoms in total. The molecule has 2 aromatic rings. The fraction of sp³-hybridized carbons (Fsp3) is 0.469. The number of nitrogens with one attached hydrogen (secondary N) is 1. The Morgan fingerprint density at radius 1 is 1.10 bits per heavy atom. The lowest BCUT2D eigenvalue weighted by molar-refractivity contribution is -0.152. The first-order valence-corrected chi connectivity index (χ1v) is 14.3. The van der Waals surface area contributed by atoms with E-state index >= 15 is 0 Å². The van der Waals surface area contributed by atoms with Gasteiger partial charge in [-0.05, 0) is 59.1 Å². The number of alkyl carbamates (subject to hydrolysis) is 1. The molecule has 1 saturated heterocycles. The van der Waals surface area contributed by atoms with Gasteiger partial charge in [0.05, 0.1) is 20.3 Å². The number of nitrogens with zero attached hydrogens (tertiary/aromatic N) is 1. The zero-order chi connectivity index (χ0) is 29.8. The van der Waals surface area contributed by atoms with Crippen LogP contribution in [-0.2, 0) is 29.4 Å². The number of fused-ring (bicyclic) bond motifs is 11. The van der Waals surface area contributed by atoms with Crippen LogP contribution in [0.1, 0.15) is 57.6 Å². The van der Waals surface area contributed by atoms with Crippen LogP contribution in [0.4, 0.5) is 4.79 Å². The van der Waals surface area contributed by atoms with Gasteiger partial charge in [-0.3, -0.25) is 4.79 Å². The Bertz CT molecular complexity index is 1300. The minimum atomic E-state index is -0.964. The molecule has 1 N–H and O–H groups in total. The van der Waals surface area contributed by atoms with Gasteiger partial charge >= 0.3 is 12.1 Å². The third-order valence-electron chi connectivity index (χ3n) is 7.88. The van der Waals surface area contributed by atoms with Crippen LogP contribution in [0.5, 0.6) is 0 Å². The van der Waals surface area contributed by atoms with Crippen LogP contribution in [0, 0.1) is 5.41 Å². The maximum atomic E-state index is 14.1. The quantitative estimate of drug-likeness (QED) is 0.439. The van der Waals surface area contributed by atoms with Gasteiger partial charge in [0.15, 0.2) is 0 Å². The van der Waals surface area contributed by atoms with E-state index in [2.05, 4.69) is 17.5 Å². The molecule has 0 saturated carbocycles. The van der Waals surface area contributed by atoms with Gasteiger partial charge in [-0.15, -0.1) is 0 Å². The number of amides is 2. The highest BCUT2D eigenvalue weighted by molar-refractivity contribution is 6.31. The summed E-state index contributed by atoms with van der Waals surface area (Å²) >= 11 is 6.37. The Kier molecular flexibility index (Phi) is 9.44. The molecule has 41 heavy (non-hydrogen) atoms. The van der Waals surface area contributed by atoms with Crippen molar-refractivity contribution in [2.45, 2.75) is 64.1 Å². The standard InChI is InChI=1S/C32H39ClN2O6/c1-31(2,3)27-28(36)35-20-32(40-5,19-26(35)29(37)39-4)23-14-11-22(12-15-23)25-18-24(33)16-13-21(25)10-8-6-7-9-17-41-30(38)34-27/h8,10-16,18,26-27H,6-7,9,17,19-20H2,1-5H3,(H,34,38)/t26-,27+,32-/m0/s1. The molecule has 220 valence electrons. The van der Waals surface area contributed by atoms with Crippen molar-refractivity contribution < 1.29 is 28.6 Å². The largest absolute Gasteiger partial charge is 0.467 e. The van der Waals surface area contributed by atoms with E-state index in [4.69, 9.17) is 25.8 Å². The highest BCUT2D eigenvalue weighted by Crippen LogP contribution is 2.41. The number of esters is 1. The molecule has 0 aliphatic carbocycles. The molecule has 4 bridgehead atoms. The molecule has 2 amide bonds. The topological polar surface area (TPSA) is 94.2 Å². The van der Waals surface area contributed by atoms with Gasteiger partial charge in [0.2, 0.25) is 5.91 Å². The van der Waals surface area contributed by atoms with E-state index in [1.54, 1.807) is 7.11 Å². The number of hydrogen-bond acceptors (Lipinski definition) is 6. The predicted octanol–water partition coefficient (Wildman–Crippen LogP) is 5.96. The van der Waals surface area contributed by atoms with E-state index in [-0.39, 0.29) is 19.6 Å². The fourth-order valence-corrected chi connectivity index (χ4v) is 5.69. The van der Waals surface area contributed by atoms with Gasteiger partial charge in [-0.2, -0.15) is 0 Å². The molecule has 1 fully saturated rings. The SMILES string of the molecule is COC(=O)[C@@H]1C[C@]2(OC)CN1C(=O)[C@H](C(C)(C)C)NC(=O)OCCCCC=Cc1ccc(Cl)cc1-c1ccc2cc1. The van der Waals surface area contributed by atoms with E-state index in [9.17, 15) is 14.4 Å². The Balaban J connectivity index is 1.79. The summed E-state index contributed by atoms with van der Waals surface area (Å²) in [5.74, 6) is -0.943. The van der Waals surface area contributed by atoms with Crippen LogP contribution in [-0.4, -0.2) is 62.3 Å². The van der Waals surface area contributed by atoms with Crippen molar-refractivity contribution >= 4 is 35.6 Å². The molecule has 0 spiro atoms. The number of ether oxygens (including phenoxy) is 3. The normalized spacial score (nSPS) is 23.9. The lowest BCUT2D eigenvalue weighted by Crippen LogP contribution is -2.57. The van der Waals surface area contributed by atoms with Crippen molar-refractivity contribution in [3.8, 4) is 11.1 Å². The smallest absolute Gasteiger partial charge is 0.407 e. The summed E-state index contributed by atoms with van der Waals surface area (Å²) in [6, 6.07) is 11.9. The number of halogens is 1. The number of carbonyl (C=O) groups is 3. The molecule has 0 aromatic heterocycles. The molecule has 0 radical (unpaired) electrons. The molecule has 2 aromatic carbocycles. The lowest BCUT2D eigenvalue weighted by Gasteiger charge is -2.35. The second kappa shape index (κ2) is 12.7. The minimum absolute atomic E-state index is 0.107. The predicted molar refractivity (Wildman–Crippen MR) is 158 cm³/mol.